The summed E-state index contributed by atoms with van der Waals surface area (Å²) in [6.45, 7) is 0.453. The number of pyridine rings is 1. The first-order valence-corrected chi connectivity index (χ1v) is 8.93. The van der Waals surface area contributed by atoms with Crippen LogP contribution in [-0.2, 0) is 16.1 Å². The summed E-state index contributed by atoms with van der Waals surface area (Å²) in [5.74, 6) is -1.99. The van der Waals surface area contributed by atoms with Crippen LogP contribution in [-0.4, -0.2) is 26.8 Å². The average molecular weight is 381 g/mol. The van der Waals surface area contributed by atoms with E-state index < -0.39 is 11.9 Å². The molecule has 138 valence electrons. The summed E-state index contributed by atoms with van der Waals surface area (Å²) < 4.78 is 0. The Hall–Kier alpha value is -3.06. The zero-order chi connectivity index (χ0) is 19.2. The fourth-order valence-corrected chi connectivity index (χ4v) is 3.29. The number of benzene rings is 1. The van der Waals surface area contributed by atoms with E-state index in [2.05, 4.69) is 15.6 Å². The van der Waals surface area contributed by atoms with E-state index in [4.69, 9.17) is 12.2 Å². The van der Waals surface area contributed by atoms with Gasteiger partial charge in [0.25, 0.3) is 0 Å². The molecule has 7 heteroatoms. The van der Waals surface area contributed by atoms with Gasteiger partial charge in [-0.1, -0.05) is 30.4 Å². The second kappa shape index (κ2) is 8.55. The number of nitrogens with zero attached hydrogens (tertiary/aromatic N) is 1. The number of carboxylic acids is 1. The number of rotatable bonds is 6. The van der Waals surface area contributed by atoms with Crippen molar-refractivity contribution in [2.24, 2.45) is 5.92 Å². The maximum Gasteiger partial charge on any atom is 0.307 e. The molecule has 2 aromatic rings. The van der Waals surface area contributed by atoms with Crippen molar-refractivity contribution in [3.8, 4) is 0 Å². The molecule has 0 amide bonds. The van der Waals surface area contributed by atoms with Gasteiger partial charge in [0.2, 0.25) is 0 Å². The lowest BCUT2D eigenvalue weighted by atomic mass is 9.85. The molecule has 1 aromatic heterocycles. The van der Waals surface area contributed by atoms with Crippen LogP contribution in [0, 0.1) is 5.92 Å². The molecule has 0 spiro atoms. The highest BCUT2D eigenvalue weighted by Gasteiger charge is 2.33. The topological polar surface area (TPSA) is 91.3 Å². The molecule has 0 fully saturated rings. The number of ketones is 1. The van der Waals surface area contributed by atoms with E-state index >= 15 is 0 Å². The predicted molar refractivity (Wildman–Crippen MR) is 106 cm³/mol. The Bertz CT molecular complexity index is 882. The fraction of sp³-hybridized carbons (Fsp3) is 0.200. The molecule has 0 saturated carbocycles. The zero-order valence-corrected chi connectivity index (χ0v) is 15.3. The summed E-state index contributed by atoms with van der Waals surface area (Å²) in [5, 5.41) is 15.6. The standard InChI is InChI=1S/C20H19N3O3S/c24-17-11-14(20(25)26)10-16(22-12-13-6-8-21-9-7-13)18(17)19(27)23-15-4-2-1-3-5-15/h1-9,14,22H,10-12H2,(H,23,27)(H,25,26). The number of anilines is 1. The number of thiocarbonyl (C=S) groups is 1. The SMILES string of the molecule is O=C1CC(C(=O)O)CC(NCc2ccncc2)=C1C(=S)Nc1ccccc1. The van der Waals surface area contributed by atoms with Crippen molar-refractivity contribution in [3.63, 3.8) is 0 Å². The molecule has 1 atom stereocenters. The first-order chi connectivity index (χ1) is 13.0. The highest BCUT2D eigenvalue weighted by molar-refractivity contribution is 7.81. The Kier molecular flexibility index (Phi) is 5.93. The zero-order valence-electron chi connectivity index (χ0n) is 14.5. The van der Waals surface area contributed by atoms with Gasteiger partial charge in [-0.25, -0.2) is 0 Å². The molecule has 1 aliphatic rings. The second-order valence-corrected chi connectivity index (χ2v) is 6.66. The summed E-state index contributed by atoms with van der Waals surface area (Å²) in [7, 11) is 0. The summed E-state index contributed by atoms with van der Waals surface area (Å²) in [5.41, 5.74) is 2.67. The van der Waals surface area contributed by atoms with E-state index in [1.54, 1.807) is 12.4 Å². The lowest BCUT2D eigenvalue weighted by Gasteiger charge is -2.25. The Labute approximate surface area is 162 Å². The second-order valence-electron chi connectivity index (χ2n) is 6.25. The van der Waals surface area contributed by atoms with Gasteiger partial charge in [0, 0.05) is 43.2 Å². The maximum absolute atomic E-state index is 12.7. The molecule has 0 radical (unpaired) electrons. The highest BCUT2D eigenvalue weighted by atomic mass is 32.1. The highest BCUT2D eigenvalue weighted by Crippen LogP contribution is 2.28. The molecule has 0 saturated heterocycles. The van der Waals surface area contributed by atoms with Gasteiger partial charge in [-0.15, -0.1) is 0 Å². The van der Waals surface area contributed by atoms with Gasteiger partial charge in [-0.3, -0.25) is 14.6 Å². The van der Waals surface area contributed by atoms with Crippen molar-refractivity contribution in [1.82, 2.24) is 10.3 Å². The minimum absolute atomic E-state index is 0.0539. The van der Waals surface area contributed by atoms with Gasteiger partial charge in [-0.05, 0) is 29.8 Å². The summed E-state index contributed by atoms with van der Waals surface area (Å²) in [4.78, 5) is 28.4. The molecule has 0 bridgehead atoms. The van der Waals surface area contributed by atoms with E-state index in [1.807, 2.05) is 42.5 Å². The molecule has 3 N–H and O–H groups in total. The van der Waals surface area contributed by atoms with Crippen molar-refractivity contribution in [3.05, 3.63) is 71.7 Å². The number of hydrogen-bond donors (Lipinski definition) is 3. The number of para-hydroxylation sites is 1. The lowest BCUT2D eigenvalue weighted by Crippen LogP contribution is -2.34. The molecule has 27 heavy (non-hydrogen) atoms. The van der Waals surface area contributed by atoms with Crippen LogP contribution in [0.5, 0.6) is 0 Å². The van der Waals surface area contributed by atoms with Gasteiger partial charge >= 0.3 is 5.97 Å². The first kappa shape index (κ1) is 18.7. The monoisotopic (exact) mass is 381 g/mol. The van der Waals surface area contributed by atoms with Crippen molar-refractivity contribution in [2.45, 2.75) is 19.4 Å². The van der Waals surface area contributed by atoms with Crippen LogP contribution in [0.1, 0.15) is 18.4 Å². The van der Waals surface area contributed by atoms with Crippen LogP contribution in [0.2, 0.25) is 0 Å². The number of Topliss-reactive ketones (excluding diaryl/α,β-unsaturated/α-hetero) is 1. The number of allylic oxidation sites excluding steroid dienone is 1. The van der Waals surface area contributed by atoms with E-state index in [0.29, 0.717) is 22.8 Å². The molecular formula is C20H19N3O3S. The van der Waals surface area contributed by atoms with Crippen LogP contribution in [0.15, 0.2) is 66.1 Å². The van der Waals surface area contributed by atoms with Crippen LogP contribution in [0.4, 0.5) is 5.69 Å². The van der Waals surface area contributed by atoms with Crippen molar-refractivity contribution in [1.29, 1.82) is 0 Å². The minimum atomic E-state index is -0.979. The number of nitrogens with one attached hydrogen (secondary N) is 2. The van der Waals surface area contributed by atoms with Crippen LogP contribution in [0.25, 0.3) is 0 Å². The van der Waals surface area contributed by atoms with E-state index in [-0.39, 0.29) is 18.6 Å². The Balaban J connectivity index is 1.86. The number of carbonyl (C=O) groups is 2. The van der Waals surface area contributed by atoms with Crippen LogP contribution < -0.4 is 10.6 Å². The molecule has 1 unspecified atom stereocenters. The predicted octanol–water partition coefficient (Wildman–Crippen LogP) is 2.93. The van der Waals surface area contributed by atoms with Gasteiger partial charge in [-0.2, -0.15) is 0 Å². The minimum Gasteiger partial charge on any atom is -0.481 e. The van der Waals surface area contributed by atoms with Crippen molar-refractivity contribution >= 4 is 34.6 Å². The Morgan fingerprint density at radius 1 is 1.15 bits per heavy atom. The summed E-state index contributed by atoms with van der Waals surface area (Å²) in [6, 6.07) is 13.0. The van der Waals surface area contributed by atoms with E-state index in [1.165, 1.54) is 0 Å². The van der Waals surface area contributed by atoms with Crippen molar-refractivity contribution < 1.29 is 14.7 Å². The molecule has 1 aromatic carbocycles. The van der Waals surface area contributed by atoms with Crippen LogP contribution >= 0.6 is 12.2 Å². The number of aliphatic carboxylic acids is 1. The number of carbonyl (C=O) groups excluding carboxylic acids is 1. The smallest absolute Gasteiger partial charge is 0.307 e. The quantitative estimate of drug-likeness (QED) is 0.663. The van der Waals surface area contributed by atoms with Gasteiger partial charge in [0.05, 0.1) is 11.5 Å². The van der Waals surface area contributed by atoms with Gasteiger partial charge in [0.1, 0.15) is 4.99 Å². The normalized spacial score (nSPS) is 16.7. The summed E-state index contributed by atoms with van der Waals surface area (Å²) >= 11 is 5.46. The van der Waals surface area contributed by atoms with Crippen molar-refractivity contribution in [2.75, 3.05) is 5.32 Å². The fourth-order valence-electron chi connectivity index (χ4n) is 2.94. The number of aromatic nitrogens is 1. The van der Waals surface area contributed by atoms with Crippen LogP contribution in [0.3, 0.4) is 0 Å². The lowest BCUT2D eigenvalue weighted by molar-refractivity contribution is -0.143. The van der Waals surface area contributed by atoms with E-state index in [9.17, 15) is 14.7 Å². The first-order valence-electron chi connectivity index (χ1n) is 8.53. The number of carboxylic acid groups (broad SMARTS) is 1. The largest absolute Gasteiger partial charge is 0.481 e. The molecule has 6 nitrogen and oxygen atoms in total. The third kappa shape index (κ3) is 4.77. The molecule has 1 heterocycles. The van der Waals surface area contributed by atoms with E-state index in [0.717, 1.165) is 11.3 Å². The maximum atomic E-state index is 12.7. The van der Waals surface area contributed by atoms with Gasteiger partial charge in [0.15, 0.2) is 5.78 Å². The van der Waals surface area contributed by atoms with Gasteiger partial charge < -0.3 is 15.7 Å². The number of hydrogen-bond acceptors (Lipinski definition) is 5. The molecular weight excluding hydrogens is 362 g/mol. The summed E-state index contributed by atoms with van der Waals surface area (Å²) in [6.07, 6.45) is 3.54. The average Bonchev–Trinajstić information content (AvgIpc) is 2.67. The third-order valence-electron chi connectivity index (χ3n) is 4.33. The molecule has 3 rings (SSSR count). The molecule has 1 aliphatic carbocycles. The molecule has 0 aliphatic heterocycles. The third-order valence-corrected chi connectivity index (χ3v) is 4.63. The Morgan fingerprint density at radius 3 is 2.52 bits per heavy atom. The Morgan fingerprint density at radius 2 is 1.85 bits per heavy atom.